The van der Waals surface area contributed by atoms with Gasteiger partial charge in [-0.25, -0.2) is 0 Å². The van der Waals surface area contributed by atoms with Crippen LogP contribution in [-0.2, 0) is 6.54 Å². The first-order valence-corrected chi connectivity index (χ1v) is 6.41. The summed E-state index contributed by atoms with van der Waals surface area (Å²) in [7, 11) is 0. The first-order valence-electron chi connectivity index (χ1n) is 6.41. The third-order valence-electron chi connectivity index (χ3n) is 3.33. The van der Waals surface area contributed by atoms with Crippen molar-refractivity contribution >= 4 is 5.69 Å². The normalized spacial score (nSPS) is 10.0. The van der Waals surface area contributed by atoms with Crippen LogP contribution in [0.2, 0.25) is 0 Å². The molecule has 2 aromatic rings. The minimum atomic E-state index is 0.716. The molecule has 0 amide bonds. The molecule has 96 valence electrons. The Labute approximate surface area is 114 Å². The minimum Gasteiger partial charge on any atom is -0.381 e. The quantitative estimate of drug-likeness (QED) is 0.890. The lowest BCUT2D eigenvalue weighted by atomic mass is 10.1. The predicted octanol–water partition coefficient (Wildman–Crippen LogP) is 4.10. The van der Waals surface area contributed by atoms with Crippen LogP contribution in [0.15, 0.2) is 36.4 Å². The predicted molar refractivity (Wildman–Crippen MR) is 79.1 cm³/mol. The van der Waals surface area contributed by atoms with E-state index in [2.05, 4.69) is 43.4 Å². The van der Waals surface area contributed by atoms with E-state index in [1.54, 1.807) is 0 Å². The van der Waals surface area contributed by atoms with Gasteiger partial charge in [0.05, 0.1) is 11.6 Å². The molecule has 2 rings (SSSR count). The van der Waals surface area contributed by atoms with Gasteiger partial charge >= 0.3 is 0 Å². The zero-order valence-electron chi connectivity index (χ0n) is 11.6. The van der Waals surface area contributed by atoms with E-state index in [0.717, 1.165) is 12.1 Å². The molecule has 0 saturated carbocycles. The lowest BCUT2D eigenvalue weighted by molar-refractivity contribution is 1.11. The Bertz CT molecular complexity index is 636. The van der Waals surface area contributed by atoms with Gasteiger partial charge in [0.2, 0.25) is 0 Å². The number of aryl methyl sites for hydroxylation is 3. The SMILES string of the molecule is Cc1ccc(C)c(NCc2ccc(C#N)cc2C)c1. The Morgan fingerprint density at radius 2 is 1.79 bits per heavy atom. The lowest BCUT2D eigenvalue weighted by Gasteiger charge is -2.12. The third kappa shape index (κ3) is 3.14. The van der Waals surface area contributed by atoms with Crippen LogP contribution in [0.3, 0.4) is 0 Å². The molecule has 0 radical (unpaired) electrons. The van der Waals surface area contributed by atoms with E-state index in [1.165, 1.54) is 22.4 Å². The standard InChI is InChI=1S/C17H18N2/c1-12-4-5-13(2)17(8-12)19-11-16-7-6-15(10-18)9-14(16)3/h4-9,19H,11H2,1-3H3. The summed E-state index contributed by atoms with van der Waals surface area (Å²) in [5, 5.41) is 12.3. The van der Waals surface area contributed by atoms with Crippen molar-refractivity contribution in [1.29, 1.82) is 5.26 Å². The fourth-order valence-corrected chi connectivity index (χ4v) is 2.08. The molecule has 19 heavy (non-hydrogen) atoms. The second-order valence-electron chi connectivity index (χ2n) is 4.92. The number of hydrogen-bond acceptors (Lipinski definition) is 2. The van der Waals surface area contributed by atoms with E-state index in [1.807, 2.05) is 25.1 Å². The van der Waals surface area contributed by atoms with Crippen LogP contribution in [-0.4, -0.2) is 0 Å². The topological polar surface area (TPSA) is 35.8 Å². The molecule has 0 heterocycles. The summed E-state index contributed by atoms with van der Waals surface area (Å²) >= 11 is 0. The fraction of sp³-hybridized carbons (Fsp3) is 0.235. The molecule has 2 aromatic carbocycles. The van der Waals surface area contributed by atoms with Crippen molar-refractivity contribution in [2.24, 2.45) is 0 Å². The van der Waals surface area contributed by atoms with Gasteiger partial charge in [0.15, 0.2) is 0 Å². The highest BCUT2D eigenvalue weighted by atomic mass is 14.9. The second-order valence-corrected chi connectivity index (χ2v) is 4.92. The van der Waals surface area contributed by atoms with Crippen LogP contribution < -0.4 is 5.32 Å². The van der Waals surface area contributed by atoms with E-state index >= 15 is 0 Å². The summed E-state index contributed by atoms with van der Waals surface area (Å²) in [5.74, 6) is 0. The first-order chi connectivity index (χ1) is 9.10. The highest BCUT2D eigenvalue weighted by molar-refractivity contribution is 5.53. The minimum absolute atomic E-state index is 0.716. The maximum Gasteiger partial charge on any atom is 0.0991 e. The van der Waals surface area contributed by atoms with E-state index in [9.17, 15) is 0 Å². The van der Waals surface area contributed by atoms with Crippen LogP contribution >= 0.6 is 0 Å². The first kappa shape index (κ1) is 13.2. The molecule has 1 N–H and O–H groups in total. The molecule has 2 nitrogen and oxygen atoms in total. The molecule has 0 bridgehead atoms. The molecular weight excluding hydrogens is 232 g/mol. The van der Waals surface area contributed by atoms with Crippen molar-refractivity contribution in [3.8, 4) is 6.07 Å². The van der Waals surface area contributed by atoms with Crippen LogP contribution in [0.25, 0.3) is 0 Å². The molecule has 0 fully saturated rings. The van der Waals surface area contributed by atoms with E-state index < -0.39 is 0 Å². The second kappa shape index (κ2) is 5.58. The summed E-state index contributed by atoms with van der Waals surface area (Å²) in [4.78, 5) is 0. The molecule has 0 unspecified atom stereocenters. The van der Waals surface area contributed by atoms with Gasteiger partial charge in [-0.2, -0.15) is 5.26 Å². The maximum atomic E-state index is 8.86. The Balaban J connectivity index is 2.15. The number of nitrogens with zero attached hydrogens (tertiary/aromatic N) is 1. The number of nitriles is 1. The summed E-state index contributed by atoms with van der Waals surface area (Å²) in [6.45, 7) is 7.02. The van der Waals surface area contributed by atoms with Gasteiger partial charge in [-0.15, -0.1) is 0 Å². The highest BCUT2D eigenvalue weighted by Crippen LogP contribution is 2.18. The van der Waals surface area contributed by atoms with Crippen LogP contribution in [0.4, 0.5) is 5.69 Å². The summed E-state index contributed by atoms with van der Waals surface area (Å²) in [5.41, 5.74) is 6.76. The molecule has 0 aliphatic heterocycles. The molecule has 2 heteroatoms. The summed E-state index contributed by atoms with van der Waals surface area (Å²) in [6.07, 6.45) is 0. The summed E-state index contributed by atoms with van der Waals surface area (Å²) < 4.78 is 0. The van der Waals surface area contributed by atoms with Crippen molar-refractivity contribution in [2.75, 3.05) is 5.32 Å². The average molecular weight is 250 g/mol. The van der Waals surface area contributed by atoms with Gasteiger partial charge in [0.1, 0.15) is 0 Å². The van der Waals surface area contributed by atoms with Crippen LogP contribution in [0, 0.1) is 32.1 Å². The molecule has 0 atom stereocenters. The number of anilines is 1. The number of nitrogens with one attached hydrogen (secondary N) is 1. The Morgan fingerprint density at radius 3 is 2.47 bits per heavy atom. The van der Waals surface area contributed by atoms with Gasteiger partial charge in [0, 0.05) is 12.2 Å². The van der Waals surface area contributed by atoms with Crippen LogP contribution in [0.5, 0.6) is 0 Å². The monoisotopic (exact) mass is 250 g/mol. The number of benzene rings is 2. The van der Waals surface area contributed by atoms with Crippen molar-refractivity contribution in [3.05, 3.63) is 64.2 Å². The summed E-state index contributed by atoms with van der Waals surface area (Å²) in [6, 6.07) is 14.4. The zero-order valence-corrected chi connectivity index (χ0v) is 11.6. The van der Waals surface area contributed by atoms with E-state index in [4.69, 9.17) is 5.26 Å². The average Bonchev–Trinajstić information content (AvgIpc) is 2.40. The smallest absolute Gasteiger partial charge is 0.0991 e. The molecule has 0 aromatic heterocycles. The van der Waals surface area contributed by atoms with Gasteiger partial charge in [-0.3, -0.25) is 0 Å². The molecule has 0 saturated heterocycles. The van der Waals surface area contributed by atoms with E-state index in [-0.39, 0.29) is 0 Å². The van der Waals surface area contributed by atoms with Gasteiger partial charge < -0.3 is 5.32 Å². The lowest BCUT2D eigenvalue weighted by Crippen LogP contribution is -2.03. The third-order valence-corrected chi connectivity index (χ3v) is 3.33. The number of hydrogen-bond donors (Lipinski definition) is 1. The highest BCUT2D eigenvalue weighted by Gasteiger charge is 2.02. The van der Waals surface area contributed by atoms with Gasteiger partial charge in [-0.1, -0.05) is 18.2 Å². The molecular formula is C17H18N2. The van der Waals surface area contributed by atoms with Crippen molar-refractivity contribution in [1.82, 2.24) is 0 Å². The van der Waals surface area contributed by atoms with Crippen molar-refractivity contribution in [3.63, 3.8) is 0 Å². The van der Waals surface area contributed by atoms with Gasteiger partial charge in [-0.05, 0) is 61.2 Å². The Hall–Kier alpha value is -2.27. The molecule has 0 aliphatic rings. The maximum absolute atomic E-state index is 8.86. The number of rotatable bonds is 3. The molecule has 0 aliphatic carbocycles. The Morgan fingerprint density at radius 1 is 1.00 bits per heavy atom. The largest absolute Gasteiger partial charge is 0.381 e. The Kier molecular flexibility index (Phi) is 3.87. The zero-order chi connectivity index (χ0) is 13.8. The van der Waals surface area contributed by atoms with Crippen molar-refractivity contribution < 1.29 is 0 Å². The van der Waals surface area contributed by atoms with E-state index in [0.29, 0.717) is 5.56 Å². The van der Waals surface area contributed by atoms with Crippen LogP contribution in [0.1, 0.15) is 27.8 Å². The fourth-order valence-electron chi connectivity index (χ4n) is 2.08. The van der Waals surface area contributed by atoms with Gasteiger partial charge in [0.25, 0.3) is 0 Å². The molecule has 0 spiro atoms. The van der Waals surface area contributed by atoms with Crippen molar-refractivity contribution in [2.45, 2.75) is 27.3 Å².